The van der Waals surface area contributed by atoms with Crippen LogP contribution in [0.15, 0.2) is 91.9 Å². The number of amides is 2. The third-order valence-corrected chi connectivity index (χ3v) is 5.22. The number of nitrogens with zero attached hydrogens (tertiary/aromatic N) is 3. The normalized spacial score (nSPS) is 10.3. The minimum Gasteiger partial charge on any atom is -0.348 e. The number of aromatic nitrogens is 3. The van der Waals surface area contributed by atoms with Gasteiger partial charge in [0.05, 0.1) is 5.69 Å². The van der Waals surface area contributed by atoms with Crippen molar-refractivity contribution in [2.45, 2.75) is 13.5 Å². The van der Waals surface area contributed by atoms with Crippen LogP contribution >= 0.6 is 0 Å². The lowest BCUT2D eigenvalue weighted by atomic mass is 10.1. The van der Waals surface area contributed by atoms with E-state index in [0.717, 1.165) is 28.1 Å². The summed E-state index contributed by atoms with van der Waals surface area (Å²) < 4.78 is 0. The maximum atomic E-state index is 12.7. The van der Waals surface area contributed by atoms with Crippen LogP contribution in [-0.4, -0.2) is 26.8 Å². The Morgan fingerprint density at radius 3 is 2.60 bits per heavy atom. The second-order valence-corrected chi connectivity index (χ2v) is 7.73. The Labute approximate surface area is 203 Å². The number of benzene rings is 2. The molecule has 2 aromatic carbocycles. The van der Waals surface area contributed by atoms with E-state index in [2.05, 4.69) is 37.5 Å². The maximum absolute atomic E-state index is 12.7. The smallest absolute Gasteiger partial charge is 0.255 e. The van der Waals surface area contributed by atoms with Crippen molar-refractivity contribution < 1.29 is 9.59 Å². The van der Waals surface area contributed by atoms with Gasteiger partial charge in [0.15, 0.2) is 0 Å². The van der Waals surface area contributed by atoms with Crippen LogP contribution in [0.25, 0.3) is 11.3 Å². The standard InChI is InChI=1S/C27H24N6O2/c1-3-25(34)30-16-19-7-9-20(10-8-19)26(35)31-22-11-6-18(2)24(15-22)33-27-29-14-12-23(32-27)21-5-4-13-28-17-21/h3-15,17H,1,16H2,2H3,(H,30,34)(H,31,35)(H,29,32,33). The van der Waals surface area contributed by atoms with Gasteiger partial charge >= 0.3 is 0 Å². The molecule has 0 fully saturated rings. The molecule has 8 nitrogen and oxygen atoms in total. The van der Waals surface area contributed by atoms with Crippen LogP contribution in [0.4, 0.5) is 17.3 Å². The number of hydrogen-bond donors (Lipinski definition) is 3. The van der Waals surface area contributed by atoms with Gasteiger partial charge in [-0.15, -0.1) is 0 Å². The molecule has 35 heavy (non-hydrogen) atoms. The van der Waals surface area contributed by atoms with E-state index in [-0.39, 0.29) is 11.8 Å². The Bertz CT molecular complexity index is 1350. The van der Waals surface area contributed by atoms with Crippen molar-refractivity contribution in [1.82, 2.24) is 20.3 Å². The molecule has 0 atom stereocenters. The van der Waals surface area contributed by atoms with Crippen LogP contribution in [0, 0.1) is 6.92 Å². The Balaban J connectivity index is 1.44. The molecule has 4 aromatic rings. The molecule has 8 heteroatoms. The SMILES string of the molecule is C=CC(=O)NCc1ccc(C(=O)Nc2ccc(C)c(Nc3nccc(-c4cccnc4)n3)c2)cc1. The first kappa shape index (κ1) is 23.3. The van der Waals surface area contributed by atoms with Crippen LogP contribution in [0.3, 0.4) is 0 Å². The van der Waals surface area contributed by atoms with E-state index in [4.69, 9.17) is 0 Å². The lowest BCUT2D eigenvalue weighted by Crippen LogP contribution is -2.20. The van der Waals surface area contributed by atoms with Crippen LogP contribution < -0.4 is 16.0 Å². The summed E-state index contributed by atoms with van der Waals surface area (Å²) in [5.41, 5.74) is 5.42. The Morgan fingerprint density at radius 1 is 1.03 bits per heavy atom. The minimum absolute atomic E-state index is 0.240. The molecular weight excluding hydrogens is 440 g/mol. The summed E-state index contributed by atoms with van der Waals surface area (Å²) in [5, 5.41) is 8.86. The maximum Gasteiger partial charge on any atom is 0.255 e. The van der Waals surface area contributed by atoms with E-state index in [1.807, 2.05) is 43.3 Å². The fraction of sp³-hybridized carbons (Fsp3) is 0.0741. The van der Waals surface area contributed by atoms with Crippen molar-refractivity contribution in [2.24, 2.45) is 0 Å². The van der Waals surface area contributed by atoms with Gasteiger partial charge in [0.1, 0.15) is 0 Å². The monoisotopic (exact) mass is 464 g/mol. The van der Waals surface area contributed by atoms with Crippen molar-refractivity contribution in [3.05, 3.63) is 109 Å². The van der Waals surface area contributed by atoms with Crippen molar-refractivity contribution in [2.75, 3.05) is 10.6 Å². The van der Waals surface area contributed by atoms with Gasteiger partial charge < -0.3 is 16.0 Å². The molecule has 2 aromatic heterocycles. The summed E-state index contributed by atoms with van der Waals surface area (Å²) in [7, 11) is 0. The summed E-state index contributed by atoms with van der Waals surface area (Å²) >= 11 is 0. The lowest BCUT2D eigenvalue weighted by Gasteiger charge is -2.12. The average Bonchev–Trinajstić information content (AvgIpc) is 2.90. The number of rotatable bonds is 8. The van der Waals surface area contributed by atoms with E-state index in [0.29, 0.717) is 23.7 Å². The molecule has 0 unspecified atom stereocenters. The van der Waals surface area contributed by atoms with E-state index in [9.17, 15) is 9.59 Å². The molecule has 0 radical (unpaired) electrons. The topological polar surface area (TPSA) is 109 Å². The minimum atomic E-state index is -0.246. The molecule has 0 aliphatic heterocycles. The van der Waals surface area contributed by atoms with Crippen LogP contribution in [0.1, 0.15) is 21.5 Å². The van der Waals surface area contributed by atoms with Gasteiger partial charge in [-0.3, -0.25) is 14.6 Å². The van der Waals surface area contributed by atoms with Crippen molar-refractivity contribution in [3.63, 3.8) is 0 Å². The van der Waals surface area contributed by atoms with Crippen molar-refractivity contribution >= 4 is 29.1 Å². The molecular formula is C27H24N6O2. The van der Waals surface area contributed by atoms with E-state index in [1.54, 1.807) is 42.9 Å². The molecule has 0 saturated carbocycles. The van der Waals surface area contributed by atoms with Crippen molar-refractivity contribution in [3.8, 4) is 11.3 Å². The van der Waals surface area contributed by atoms with Gasteiger partial charge in [-0.25, -0.2) is 9.97 Å². The van der Waals surface area contributed by atoms with Crippen LogP contribution in [0.2, 0.25) is 0 Å². The third kappa shape index (κ3) is 6.14. The first-order chi connectivity index (χ1) is 17.0. The zero-order valence-electron chi connectivity index (χ0n) is 19.2. The molecule has 0 spiro atoms. The first-order valence-electron chi connectivity index (χ1n) is 10.9. The Hall–Kier alpha value is -4.85. The van der Waals surface area contributed by atoms with E-state index in [1.165, 1.54) is 6.08 Å². The zero-order valence-corrected chi connectivity index (χ0v) is 19.2. The third-order valence-electron chi connectivity index (χ3n) is 5.22. The van der Waals surface area contributed by atoms with E-state index >= 15 is 0 Å². The molecule has 2 heterocycles. The fourth-order valence-corrected chi connectivity index (χ4v) is 3.29. The molecule has 0 aliphatic rings. The van der Waals surface area contributed by atoms with Crippen LogP contribution in [-0.2, 0) is 11.3 Å². The molecule has 4 rings (SSSR count). The molecule has 0 bridgehead atoms. The van der Waals surface area contributed by atoms with Gasteiger partial charge in [0, 0.05) is 47.6 Å². The van der Waals surface area contributed by atoms with Gasteiger partial charge in [0.2, 0.25) is 11.9 Å². The highest BCUT2D eigenvalue weighted by Crippen LogP contribution is 2.24. The van der Waals surface area contributed by atoms with Crippen LogP contribution in [0.5, 0.6) is 0 Å². The number of anilines is 3. The highest BCUT2D eigenvalue weighted by molar-refractivity contribution is 6.04. The summed E-state index contributed by atoms with van der Waals surface area (Å²) in [6.45, 7) is 5.75. The quantitative estimate of drug-likeness (QED) is 0.328. The largest absolute Gasteiger partial charge is 0.348 e. The number of hydrogen-bond acceptors (Lipinski definition) is 6. The van der Waals surface area contributed by atoms with Gasteiger partial charge in [-0.2, -0.15) is 0 Å². The van der Waals surface area contributed by atoms with E-state index < -0.39 is 0 Å². The number of pyridine rings is 1. The fourth-order valence-electron chi connectivity index (χ4n) is 3.29. The molecule has 2 amide bonds. The molecule has 0 saturated heterocycles. The predicted molar refractivity (Wildman–Crippen MR) is 136 cm³/mol. The highest BCUT2D eigenvalue weighted by Gasteiger charge is 2.10. The highest BCUT2D eigenvalue weighted by atomic mass is 16.2. The Kier molecular flexibility index (Phi) is 7.22. The average molecular weight is 465 g/mol. The lowest BCUT2D eigenvalue weighted by molar-refractivity contribution is -0.116. The predicted octanol–water partition coefficient (Wildman–Crippen LogP) is 4.65. The molecule has 3 N–H and O–H groups in total. The second-order valence-electron chi connectivity index (χ2n) is 7.73. The summed E-state index contributed by atoms with van der Waals surface area (Å²) in [5.74, 6) is -0.0434. The second kappa shape index (κ2) is 10.8. The Morgan fingerprint density at radius 2 is 1.86 bits per heavy atom. The van der Waals surface area contributed by atoms with Crippen molar-refractivity contribution in [1.29, 1.82) is 0 Å². The van der Waals surface area contributed by atoms with Gasteiger partial charge in [-0.1, -0.05) is 24.8 Å². The van der Waals surface area contributed by atoms with Gasteiger partial charge in [-0.05, 0) is 66.6 Å². The van der Waals surface area contributed by atoms with Gasteiger partial charge in [0.25, 0.3) is 5.91 Å². The first-order valence-corrected chi connectivity index (χ1v) is 10.9. The zero-order chi connectivity index (χ0) is 24.6. The summed E-state index contributed by atoms with van der Waals surface area (Å²) in [6, 6.07) is 18.2. The number of aryl methyl sites for hydroxylation is 1. The summed E-state index contributed by atoms with van der Waals surface area (Å²) in [4.78, 5) is 37.1. The number of carbonyl (C=O) groups excluding carboxylic acids is 2. The summed E-state index contributed by atoms with van der Waals surface area (Å²) in [6.07, 6.45) is 6.36. The molecule has 0 aliphatic carbocycles. The number of carbonyl (C=O) groups is 2. The number of nitrogens with one attached hydrogen (secondary N) is 3. The molecule has 174 valence electrons.